The predicted molar refractivity (Wildman–Crippen MR) is 85.2 cm³/mol. The van der Waals surface area contributed by atoms with Crippen LogP contribution in [0.3, 0.4) is 0 Å². The van der Waals surface area contributed by atoms with Gasteiger partial charge >= 0.3 is 6.18 Å². The number of carbonyl (C=O) groups excluding carboxylic acids is 2. The number of hydrogen-bond acceptors (Lipinski definition) is 3. The molecule has 2 rings (SSSR count). The summed E-state index contributed by atoms with van der Waals surface area (Å²) in [5, 5.41) is 15.1. The Bertz CT molecular complexity index is 627. The molecule has 25 heavy (non-hydrogen) atoms. The minimum Gasteiger partial charge on any atom is -0.380 e. The summed E-state index contributed by atoms with van der Waals surface area (Å²) in [6, 6.07) is 5.65. The Hall–Kier alpha value is -1.80. The van der Waals surface area contributed by atoms with E-state index in [9.17, 15) is 27.9 Å². The van der Waals surface area contributed by atoms with Crippen molar-refractivity contribution in [2.75, 3.05) is 6.54 Å². The molecule has 0 radical (unpaired) electrons. The average Bonchev–Trinajstić information content (AvgIpc) is 2.54. The third-order valence-electron chi connectivity index (χ3n) is 4.22. The molecule has 0 bridgehead atoms. The third kappa shape index (κ3) is 5.09. The summed E-state index contributed by atoms with van der Waals surface area (Å²) >= 11 is 5.72. The van der Waals surface area contributed by atoms with Crippen LogP contribution < -0.4 is 10.6 Å². The minimum absolute atomic E-state index is 0.0207. The number of benzene rings is 1. The molecule has 0 saturated heterocycles. The first kappa shape index (κ1) is 19.5. The van der Waals surface area contributed by atoms with Crippen LogP contribution in [0.15, 0.2) is 24.3 Å². The molecule has 3 N–H and O–H groups in total. The number of alkyl halides is 3. The van der Waals surface area contributed by atoms with E-state index in [0.29, 0.717) is 10.6 Å². The Morgan fingerprint density at radius 3 is 2.28 bits per heavy atom. The van der Waals surface area contributed by atoms with E-state index in [-0.39, 0.29) is 19.4 Å². The molecule has 0 unspecified atom stereocenters. The highest BCUT2D eigenvalue weighted by Gasteiger charge is 2.54. The summed E-state index contributed by atoms with van der Waals surface area (Å²) in [6.45, 7) is -0.290. The molecule has 0 spiro atoms. The Labute approximate surface area is 147 Å². The molecule has 2 amide bonds. The second-order valence-corrected chi connectivity index (χ2v) is 6.50. The zero-order valence-corrected chi connectivity index (χ0v) is 14.0. The third-order valence-corrected chi connectivity index (χ3v) is 4.47. The maximum atomic E-state index is 12.7. The van der Waals surface area contributed by atoms with Crippen LogP contribution in [0.5, 0.6) is 0 Å². The van der Waals surface area contributed by atoms with Gasteiger partial charge in [0.15, 0.2) is 5.60 Å². The zero-order chi connectivity index (χ0) is 18.7. The van der Waals surface area contributed by atoms with Crippen molar-refractivity contribution in [1.82, 2.24) is 10.6 Å². The van der Waals surface area contributed by atoms with Crippen molar-refractivity contribution in [3.05, 3.63) is 34.9 Å². The van der Waals surface area contributed by atoms with E-state index < -0.39 is 42.5 Å². The second kappa shape index (κ2) is 7.61. The van der Waals surface area contributed by atoms with Crippen LogP contribution >= 0.6 is 11.6 Å². The molecule has 0 heterocycles. The molecule has 0 aliphatic heterocycles. The highest BCUT2D eigenvalue weighted by Crippen LogP contribution is 2.41. The minimum atomic E-state index is -4.67. The Morgan fingerprint density at radius 2 is 1.76 bits per heavy atom. The predicted octanol–water partition coefficient (Wildman–Crippen LogP) is 2.42. The van der Waals surface area contributed by atoms with Gasteiger partial charge in [-0.15, -0.1) is 0 Å². The fraction of sp³-hybridized carbons (Fsp3) is 0.500. The first-order chi connectivity index (χ1) is 11.6. The number of halogens is 4. The van der Waals surface area contributed by atoms with Gasteiger partial charge in [-0.25, -0.2) is 0 Å². The zero-order valence-electron chi connectivity index (χ0n) is 13.2. The highest BCUT2D eigenvalue weighted by molar-refractivity contribution is 6.30. The summed E-state index contributed by atoms with van der Waals surface area (Å²) in [6.07, 6.45) is -5.55. The molecule has 1 aromatic carbocycles. The van der Waals surface area contributed by atoms with E-state index in [1.165, 1.54) is 12.1 Å². The van der Waals surface area contributed by atoms with Crippen molar-refractivity contribution in [3.63, 3.8) is 0 Å². The van der Waals surface area contributed by atoms with E-state index in [2.05, 4.69) is 10.6 Å². The van der Waals surface area contributed by atoms with Crippen molar-refractivity contribution < 1.29 is 27.9 Å². The van der Waals surface area contributed by atoms with Crippen LogP contribution in [0, 0.1) is 0 Å². The molecule has 9 heteroatoms. The van der Waals surface area contributed by atoms with Crippen LogP contribution in [-0.4, -0.2) is 41.3 Å². The number of nitrogens with one attached hydrogen (secondary N) is 2. The summed E-state index contributed by atoms with van der Waals surface area (Å²) in [4.78, 5) is 23.7. The van der Waals surface area contributed by atoms with Crippen molar-refractivity contribution in [2.24, 2.45) is 0 Å². The molecular formula is C16H18ClF3N2O3. The maximum Gasteiger partial charge on any atom is 0.417 e. The lowest BCUT2D eigenvalue weighted by molar-refractivity contribution is -0.270. The molecule has 1 aliphatic carbocycles. The van der Waals surface area contributed by atoms with Gasteiger partial charge < -0.3 is 15.7 Å². The van der Waals surface area contributed by atoms with Crippen LogP contribution in [-0.2, 0) is 4.79 Å². The van der Waals surface area contributed by atoms with Gasteiger partial charge in [-0.1, -0.05) is 11.6 Å². The molecule has 138 valence electrons. The average molecular weight is 379 g/mol. The molecular weight excluding hydrogens is 361 g/mol. The van der Waals surface area contributed by atoms with E-state index in [1.54, 1.807) is 12.1 Å². The largest absolute Gasteiger partial charge is 0.417 e. The number of carbonyl (C=O) groups is 2. The van der Waals surface area contributed by atoms with E-state index >= 15 is 0 Å². The Morgan fingerprint density at radius 1 is 1.20 bits per heavy atom. The second-order valence-electron chi connectivity index (χ2n) is 6.06. The lowest BCUT2D eigenvalue weighted by Gasteiger charge is -2.37. The normalized spacial score (nSPS) is 23.8. The van der Waals surface area contributed by atoms with Gasteiger partial charge in [0.2, 0.25) is 5.91 Å². The molecule has 1 saturated carbocycles. The van der Waals surface area contributed by atoms with E-state index in [1.807, 2.05) is 0 Å². The van der Waals surface area contributed by atoms with Crippen LogP contribution in [0.25, 0.3) is 0 Å². The van der Waals surface area contributed by atoms with Crippen LogP contribution in [0.1, 0.15) is 36.0 Å². The first-order valence-corrected chi connectivity index (χ1v) is 8.11. The Kier molecular flexibility index (Phi) is 5.95. The van der Waals surface area contributed by atoms with Gasteiger partial charge in [0.05, 0.1) is 6.54 Å². The van der Waals surface area contributed by atoms with Crippen LogP contribution in [0.4, 0.5) is 13.2 Å². The summed E-state index contributed by atoms with van der Waals surface area (Å²) in [7, 11) is 0. The topological polar surface area (TPSA) is 78.4 Å². The van der Waals surface area contributed by atoms with E-state index in [4.69, 9.17) is 11.6 Å². The number of hydrogen-bond donors (Lipinski definition) is 3. The smallest absolute Gasteiger partial charge is 0.380 e. The van der Waals surface area contributed by atoms with Gasteiger partial charge in [-0.2, -0.15) is 13.2 Å². The number of aliphatic hydroxyl groups is 1. The number of rotatable bonds is 4. The summed E-state index contributed by atoms with van der Waals surface area (Å²) in [5.41, 5.74) is -2.35. The van der Waals surface area contributed by atoms with Crippen molar-refractivity contribution in [1.29, 1.82) is 0 Å². The monoisotopic (exact) mass is 378 g/mol. The van der Waals surface area contributed by atoms with E-state index in [0.717, 1.165) is 0 Å². The SMILES string of the molecule is O=C(CNC(=O)c1ccc(Cl)cc1)NC1CCC(O)(C(F)(F)F)CC1. The molecule has 1 aromatic rings. The highest BCUT2D eigenvalue weighted by atomic mass is 35.5. The quantitative estimate of drug-likeness (QED) is 0.753. The fourth-order valence-electron chi connectivity index (χ4n) is 2.67. The van der Waals surface area contributed by atoms with Gasteiger partial charge in [0, 0.05) is 16.6 Å². The Balaban J connectivity index is 1.76. The first-order valence-electron chi connectivity index (χ1n) is 7.73. The maximum absolute atomic E-state index is 12.7. The molecule has 0 atom stereocenters. The van der Waals surface area contributed by atoms with Crippen molar-refractivity contribution in [2.45, 2.75) is 43.5 Å². The standard InChI is InChI=1S/C16H18ClF3N2O3/c17-11-3-1-10(2-4-11)14(24)21-9-13(23)22-12-5-7-15(25,8-6-12)16(18,19)20/h1-4,12,25H,5-9H2,(H,21,24)(H,22,23). The number of amides is 2. The molecule has 0 aromatic heterocycles. The van der Waals surface area contributed by atoms with Crippen molar-refractivity contribution >= 4 is 23.4 Å². The summed E-state index contributed by atoms with van der Waals surface area (Å²) in [5.74, 6) is -0.952. The molecule has 1 fully saturated rings. The van der Waals surface area contributed by atoms with Crippen molar-refractivity contribution in [3.8, 4) is 0 Å². The van der Waals surface area contributed by atoms with Gasteiger partial charge in [-0.05, 0) is 49.9 Å². The van der Waals surface area contributed by atoms with Gasteiger partial charge in [0.25, 0.3) is 5.91 Å². The fourth-order valence-corrected chi connectivity index (χ4v) is 2.79. The molecule has 1 aliphatic rings. The lowest BCUT2D eigenvalue weighted by atomic mass is 9.81. The lowest BCUT2D eigenvalue weighted by Crippen LogP contribution is -2.52. The van der Waals surface area contributed by atoms with Crippen LogP contribution in [0.2, 0.25) is 5.02 Å². The molecule has 5 nitrogen and oxygen atoms in total. The summed E-state index contributed by atoms with van der Waals surface area (Å²) < 4.78 is 38.2. The van der Waals surface area contributed by atoms with Gasteiger partial charge in [-0.3, -0.25) is 9.59 Å². The van der Waals surface area contributed by atoms with Gasteiger partial charge in [0.1, 0.15) is 0 Å².